The van der Waals surface area contributed by atoms with E-state index in [0.717, 1.165) is 45.1 Å². The second-order valence-corrected chi connectivity index (χ2v) is 18.2. The molecule has 0 heterocycles. The molecule has 67 heavy (non-hydrogen) atoms. The maximum Gasteiger partial charge on any atom is 0.305 e. The van der Waals surface area contributed by atoms with E-state index in [1.165, 1.54) is 34.9 Å². The van der Waals surface area contributed by atoms with Gasteiger partial charge in [0.25, 0.3) is 0 Å². The predicted octanol–water partition coefficient (Wildman–Crippen LogP) is 14.6. The minimum atomic E-state index is -0.794. The van der Waals surface area contributed by atoms with Crippen LogP contribution >= 0.6 is 11.6 Å². The van der Waals surface area contributed by atoms with Crippen LogP contribution in [0.1, 0.15) is 109 Å². The van der Waals surface area contributed by atoms with E-state index in [0.29, 0.717) is 45.0 Å². The van der Waals surface area contributed by atoms with Crippen molar-refractivity contribution in [2.75, 3.05) is 20.3 Å². The van der Waals surface area contributed by atoms with E-state index in [1.807, 2.05) is 68.4 Å². The van der Waals surface area contributed by atoms with Gasteiger partial charge in [-0.15, -0.1) is 11.6 Å². The summed E-state index contributed by atoms with van der Waals surface area (Å²) in [7, 11) is 1.37. The largest absolute Gasteiger partial charge is 0.508 e. The second-order valence-electron chi connectivity index (χ2n) is 17.9. The highest BCUT2D eigenvalue weighted by atomic mass is 35.5. The molecular formula is C58H71ClO8. The van der Waals surface area contributed by atoms with Crippen molar-refractivity contribution in [2.45, 2.75) is 112 Å². The van der Waals surface area contributed by atoms with Gasteiger partial charge in [0.15, 0.2) is 0 Å². The number of benzene rings is 6. The maximum absolute atomic E-state index is 10.8. The Morgan fingerprint density at radius 2 is 1.01 bits per heavy atom. The average Bonchev–Trinajstić information content (AvgIpc) is 3.29. The summed E-state index contributed by atoms with van der Waals surface area (Å²) in [6, 6.07) is 44.0. The lowest BCUT2D eigenvalue weighted by Crippen LogP contribution is -2.14. The molecule has 0 aliphatic heterocycles. The Bertz CT molecular complexity index is 2480. The molecule has 0 radical (unpaired) electrons. The van der Waals surface area contributed by atoms with Gasteiger partial charge < -0.3 is 29.2 Å². The number of phenolic OH excluding ortho intramolecular Hbond substituents is 1. The number of hydrogen-bond donors (Lipinski definition) is 2. The van der Waals surface area contributed by atoms with Gasteiger partial charge in [0.05, 0.1) is 20.3 Å². The van der Waals surface area contributed by atoms with Gasteiger partial charge in [0, 0.05) is 18.7 Å². The number of carbonyl (C=O) groups is 2. The third kappa shape index (κ3) is 18.2. The van der Waals surface area contributed by atoms with Crippen LogP contribution in [0.25, 0.3) is 22.3 Å². The summed E-state index contributed by atoms with van der Waals surface area (Å²) in [5.41, 5.74) is 11.5. The van der Waals surface area contributed by atoms with E-state index in [1.54, 1.807) is 18.2 Å². The Morgan fingerprint density at radius 1 is 0.552 bits per heavy atom. The van der Waals surface area contributed by atoms with Crippen molar-refractivity contribution in [3.63, 3.8) is 0 Å². The van der Waals surface area contributed by atoms with E-state index >= 15 is 0 Å². The molecule has 0 aromatic heterocycles. The first kappa shape index (κ1) is 55.1. The van der Waals surface area contributed by atoms with Crippen LogP contribution in [0.15, 0.2) is 133 Å². The number of aliphatic carboxylic acids is 1. The number of carbonyl (C=O) groups excluding carboxylic acids is 1. The Labute approximate surface area is 404 Å². The summed E-state index contributed by atoms with van der Waals surface area (Å²) in [5.74, 6) is 2.28. The van der Waals surface area contributed by atoms with Crippen molar-refractivity contribution < 1.29 is 38.7 Å². The molecule has 2 N–H and O–H groups in total. The van der Waals surface area contributed by atoms with Gasteiger partial charge in [-0.05, 0) is 142 Å². The van der Waals surface area contributed by atoms with Crippen LogP contribution in [0.2, 0.25) is 0 Å². The highest BCUT2D eigenvalue weighted by Gasteiger charge is 2.21. The standard InChI is InChI=1S/C28H32O4.C19H23ClO.C10H12O3.CH4/c1-5-31-24-11-7-9-22(18-24)25-14-12-21(17-26(25)28(2,3)4)19-32-23-10-6-8-20(16-23)13-15-27(29)30;1-5-21-16-8-6-7-15(12-16)17-10-9-14(13-20)11-18(17)19(2,3)4;1-13-10(12)6-5-8-3-2-4-9(11)7-8;/h6-12,14,16-18H,5,13,15,19H2,1-4H3,(H,29,30);6-12H,5,13H2,1-4H3;2-4,7,11H,5-6H2,1H3;1H4. The fourth-order valence-corrected chi connectivity index (χ4v) is 7.38. The van der Waals surface area contributed by atoms with Gasteiger partial charge in [0.1, 0.15) is 29.6 Å². The van der Waals surface area contributed by atoms with Crippen molar-refractivity contribution >= 4 is 23.5 Å². The fraction of sp³-hybridized carbons (Fsp3) is 0.345. The zero-order chi connectivity index (χ0) is 48.3. The Morgan fingerprint density at radius 3 is 1.49 bits per heavy atom. The topological polar surface area (TPSA) is 112 Å². The average molecular weight is 932 g/mol. The molecule has 0 bridgehead atoms. The van der Waals surface area contributed by atoms with Gasteiger partial charge in [-0.25, -0.2) is 0 Å². The molecule has 0 aliphatic carbocycles. The molecule has 9 heteroatoms. The van der Waals surface area contributed by atoms with Crippen LogP contribution in [0.3, 0.4) is 0 Å². The van der Waals surface area contributed by atoms with Crippen molar-refractivity contribution in [1.82, 2.24) is 0 Å². The molecule has 0 saturated heterocycles. The van der Waals surface area contributed by atoms with E-state index in [9.17, 15) is 9.59 Å². The molecule has 0 unspecified atom stereocenters. The molecule has 0 saturated carbocycles. The monoisotopic (exact) mass is 930 g/mol. The van der Waals surface area contributed by atoms with E-state index in [2.05, 4.69) is 107 Å². The summed E-state index contributed by atoms with van der Waals surface area (Å²) < 4.78 is 21.8. The minimum absolute atomic E-state index is 0. The first-order valence-electron chi connectivity index (χ1n) is 22.5. The Kier molecular flexibility index (Phi) is 22.0. The molecule has 6 rings (SSSR count). The highest BCUT2D eigenvalue weighted by Crippen LogP contribution is 2.37. The van der Waals surface area contributed by atoms with Gasteiger partial charge in [-0.1, -0.05) is 134 Å². The van der Waals surface area contributed by atoms with Gasteiger partial charge in [-0.2, -0.15) is 0 Å². The molecule has 0 atom stereocenters. The van der Waals surface area contributed by atoms with Crippen LogP contribution in [0, 0.1) is 0 Å². The number of aryl methyl sites for hydroxylation is 2. The van der Waals surface area contributed by atoms with E-state index in [4.69, 9.17) is 36.0 Å². The number of hydrogen-bond acceptors (Lipinski definition) is 7. The number of phenols is 1. The SMILES string of the molecule is C.CCOc1cccc(-c2ccc(CCl)cc2C(C)(C)C)c1.CCOc1cccc(-c2ccc(COc3cccc(CCC(=O)O)c3)cc2C(C)(C)C)c1.COC(=O)CCc1cccc(O)c1. The zero-order valence-corrected chi connectivity index (χ0v) is 40.8. The number of carboxylic acids is 1. The Hall–Kier alpha value is -6.25. The molecule has 0 aliphatic rings. The van der Waals surface area contributed by atoms with Crippen LogP contribution in [-0.2, 0) is 50.5 Å². The highest BCUT2D eigenvalue weighted by molar-refractivity contribution is 6.17. The summed E-state index contributed by atoms with van der Waals surface area (Å²) >= 11 is 5.99. The fourth-order valence-electron chi connectivity index (χ4n) is 7.21. The van der Waals surface area contributed by atoms with E-state index < -0.39 is 5.97 Å². The van der Waals surface area contributed by atoms with Crippen molar-refractivity contribution in [2.24, 2.45) is 0 Å². The number of ether oxygens (including phenoxy) is 4. The molecule has 8 nitrogen and oxygen atoms in total. The number of alkyl halides is 1. The van der Waals surface area contributed by atoms with Crippen LogP contribution < -0.4 is 14.2 Å². The van der Waals surface area contributed by atoms with Crippen molar-refractivity contribution in [3.05, 3.63) is 167 Å². The van der Waals surface area contributed by atoms with Crippen LogP contribution in [0.5, 0.6) is 23.0 Å². The molecular weight excluding hydrogens is 860 g/mol. The Balaban J connectivity index is 0.000000292. The predicted molar refractivity (Wildman–Crippen MR) is 275 cm³/mol. The summed E-state index contributed by atoms with van der Waals surface area (Å²) in [6.45, 7) is 19.1. The molecule has 6 aromatic rings. The number of aromatic hydroxyl groups is 1. The van der Waals surface area contributed by atoms with Gasteiger partial charge in [-0.3, -0.25) is 9.59 Å². The number of esters is 1. The molecule has 0 amide bonds. The third-order valence-electron chi connectivity index (χ3n) is 10.5. The quantitative estimate of drug-likeness (QED) is 0.0729. The van der Waals surface area contributed by atoms with Crippen LogP contribution in [0.4, 0.5) is 0 Å². The van der Waals surface area contributed by atoms with Crippen molar-refractivity contribution in [3.8, 4) is 45.3 Å². The van der Waals surface area contributed by atoms with Crippen LogP contribution in [-0.4, -0.2) is 42.5 Å². The normalized spacial score (nSPS) is 10.8. The molecule has 358 valence electrons. The van der Waals surface area contributed by atoms with E-state index in [-0.39, 0.29) is 36.4 Å². The lowest BCUT2D eigenvalue weighted by molar-refractivity contribution is -0.140. The number of carboxylic acid groups (broad SMARTS) is 1. The minimum Gasteiger partial charge on any atom is -0.508 e. The first-order valence-corrected chi connectivity index (χ1v) is 23.0. The summed E-state index contributed by atoms with van der Waals surface area (Å²) in [6.07, 6.45) is 1.56. The molecule has 6 aromatic carbocycles. The summed E-state index contributed by atoms with van der Waals surface area (Å²) in [4.78, 5) is 21.6. The lowest BCUT2D eigenvalue weighted by Gasteiger charge is -2.24. The summed E-state index contributed by atoms with van der Waals surface area (Å²) in [5, 5.41) is 18.0. The van der Waals surface area contributed by atoms with Gasteiger partial charge >= 0.3 is 11.9 Å². The third-order valence-corrected chi connectivity index (χ3v) is 10.8. The first-order chi connectivity index (χ1) is 31.4. The van der Waals surface area contributed by atoms with Crippen molar-refractivity contribution in [1.29, 1.82) is 0 Å². The smallest absolute Gasteiger partial charge is 0.305 e. The second kappa shape index (κ2) is 26.8. The lowest BCUT2D eigenvalue weighted by atomic mass is 9.81. The van der Waals surface area contributed by atoms with Gasteiger partial charge in [0.2, 0.25) is 0 Å². The molecule has 0 spiro atoms. The molecule has 0 fully saturated rings. The number of methoxy groups -OCH3 is 1. The zero-order valence-electron chi connectivity index (χ0n) is 40.1. The maximum atomic E-state index is 10.8. The number of halogens is 1. The number of rotatable bonds is 16.